The van der Waals surface area contributed by atoms with E-state index in [2.05, 4.69) is 9.84 Å². The molecule has 1 heterocycles. The normalized spacial score (nSPS) is 10.7. The predicted molar refractivity (Wildman–Crippen MR) is 109 cm³/mol. The number of esters is 2. The molecule has 32 heavy (non-hydrogen) atoms. The minimum absolute atomic E-state index is 0.0231. The number of halogens is 2. The molecule has 0 spiro atoms. The molecule has 2 aromatic carbocycles. The van der Waals surface area contributed by atoms with E-state index < -0.39 is 18.6 Å². The number of carbonyl (C=O) groups is 2. The molecular formula is C22H20F2N2O6. The van der Waals surface area contributed by atoms with Crippen LogP contribution in [0.3, 0.4) is 0 Å². The third-order valence-corrected chi connectivity index (χ3v) is 4.39. The SMILES string of the molecule is CCOc1cc(-c2nn(-c3ccccc3)c(C(=O)OC)c2C(=O)OC)ccc1OC(F)F. The number of methoxy groups -OCH3 is 2. The molecule has 0 bridgehead atoms. The van der Waals surface area contributed by atoms with Gasteiger partial charge in [-0.05, 0) is 37.3 Å². The van der Waals surface area contributed by atoms with Crippen molar-refractivity contribution in [3.8, 4) is 28.4 Å². The van der Waals surface area contributed by atoms with Crippen LogP contribution in [0.4, 0.5) is 8.78 Å². The summed E-state index contributed by atoms with van der Waals surface area (Å²) in [6.45, 7) is -1.19. The summed E-state index contributed by atoms with van der Waals surface area (Å²) in [7, 11) is 2.34. The molecule has 0 saturated heterocycles. The molecule has 0 radical (unpaired) electrons. The van der Waals surface area contributed by atoms with Gasteiger partial charge < -0.3 is 18.9 Å². The smallest absolute Gasteiger partial charge is 0.387 e. The van der Waals surface area contributed by atoms with Crippen molar-refractivity contribution in [2.24, 2.45) is 0 Å². The van der Waals surface area contributed by atoms with E-state index in [4.69, 9.17) is 14.2 Å². The van der Waals surface area contributed by atoms with Crippen LogP contribution in [0.1, 0.15) is 27.8 Å². The second-order valence-corrected chi connectivity index (χ2v) is 6.28. The van der Waals surface area contributed by atoms with E-state index in [1.807, 2.05) is 0 Å². The molecular weight excluding hydrogens is 426 g/mol. The van der Waals surface area contributed by atoms with Crippen molar-refractivity contribution < 1.29 is 37.3 Å². The maximum Gasteiger partial charge on any atom is 0.387 e. The fraction of sp³-hybridized carbons (Fsp3) is 0.227. The monoisotopic (exact) mass is 446 g/mol. The lowest BCUT2D eigenvalue weighted by atomic mass is 10.0. The first-order chi connectivity index (χ1) is 15.4. The largest absolute Gasteiger partial charge is 0.490 e. The number of rotatable bonds is 8. The summed E-state index contributed by atoms with van der Waals surface area (Å²) in [5.74, 6) is -1.79. The molecule has 168 valence electrons. The average Bonchev–Trinajstić information content (AvgIpc) is 3.20. The van der Waals surface area contributed by atoms with E-state index in [-0.39, 0.29) is 35.1 Å². The first-order valence-corrected chi connectivity index (χ1v) is 9.48. The van der Waals surface area contributed by atoms with Crippen molar-refractivity contribution in [3.63, 3.8) is 0 Å². The van der Waals surface area contributed by atoms with Crippen molar-refractivity contribution in [1.29, 1.82) is 0 Å². The summed E-state index contributed by atoms with van der Waals surface area (Å²) < 4.78 is 46.4. The third-order valence-electron chi connectivity index (χ3n) is 4.39. The van der Waals surface area contributed by atoms with Crippen LogP contribution in [0.15, 0.2) is 48.5 Å². The minimum Gasteiger partial charge on any atom is -0.490 e. The number of ether oxygens (including phenoxy) is 4. The second kappa shape index (κ2) is 9.90. The summed E-state index contributed by atoms with van der Waals surface area (Å²) in [5, 5.41) is 4.45. The van der Waals surface area contributed by atoms with Gasteiger partial charge in [-0.15, -0.1) is 0 Å². The Morgan fingerprint density at radius 3 is 2.28 bits per heavy atom. The summed E-state index contributed by atoms with van der Waals surface area (Å²) in [5.41, 5.74) is 0.590. The molecule has 0 aliphatic carbocycles. The zero-order valence-corrected chi connectivity index (χ0v) is 17.5. The lowest BCUT2D eigenvalue weighted by Gasteiger charge is -2.12. The molecule has 3 rings (SSSR count). The Balaban J connectivity index is 2.28. The first-order valence-electron chi connectivity index (χ1n) is 9.48. The second-order valence-electron chi connectivity index (χ2n) is 6.28. The van der Waals surface area contributed by atoms with Crippen molar-refractivity contribution >= 4 is 11.9 Å². The predicted octanol–water partition coefficient (Wildman–Crippen LogP) is 4.11. The van der Waals surface area contributed by atoms with Crippen molar-refractivity contribution in [1.82, 2.24) is 9.78 Å². The maximum absolute atomic E-state index is 12.7. The Morgan fingerprint density at radius 1 is 1.00 bits per heavy atom. The number of nitrogens with zero attached hydrogens (tertiary/aromatic N) is 2. The Hall–Kier alpha value is -3.95. The number of hydrogen-bond donors (Lipinski definition) is 0. The highest BCUT2D eigenvalue weighted by atomic mass is 19.3. The van der Waals surface area contributed by atoms with Crippen LogP contribution >= 0.6 is 0 Å². The zero-order valence-electron chi connectivity index (χ0n) is 17.5. The minimum atomic E-state index is -3.05. The zero-order chi connectivity index (χ0) is 23.3. The number of hydrogen-bond acceptors (Lipinski definition) is 7. The van der Waals surface area contributed by atoms with Gasteiger partial charge in [0.2, 0.25) is 0 Å². The lowest BCUT2D eigenvalue weighted by Crippen LogP contribution is -2.15. The fourth-order valence-corrected chi connectivity index (χ4v) is 3.07. The molecule has 1 aromatic heterocycles. The van der Waals surface area contributed by atoms with Crippen LogP contribution in [0, 0.1) is 0 Å². The summed E-state index contributed by atoms with van der Waals surface area (Å²) >= 11 is 0. The molecule has 0 saturated carbocycles. The molecule has 0 aliphatic heterocycles. The maximum atomic E-state index is 12.7. The highest BCUT2D eigenvalue weighted by Gasteiger charge is 2.31. The fourth-order valence-electron chi connectivity index (χ4n) is 3.07. The van der Waals surface area contributed by atoms with Gasteiger partial charge in [0.25, 0.3) is 0 Å². The van der Waals surface area contributed by atoms with Gasteiger partial charge in [-0.3, -0.25) is 0 Å². The average molecular weight is 446 g/mol. The van der Waals surface area contributed by atoms with E-state index in [0.29, 0.717) is 11.3 Å². The van der Waals surface area contributed by atoms with Crippen molar-refractivity contribution in [2.45, 2.75) is 13.5 Å². The molecule has 0 amide bonds. The topological polar surface area (TPSA) is 88.9 Å². The molecule has 0 unspecified atom stereocenters. The van der Waals surface area contributed by atoms with Gasteiger partial charge in [0.15, 0.2) is 17.2 Å². The van der Waals surface area contributed by atoms with Crippen LogP contribution in [0.2, 0.25) is 0 Å². The van der Waals surface area contributed by atoms with Crippen LogP contribution in [0.25, 0.3) is 16.9 Å². The van der Waals surface area contributed by atoms with Gasteiger partial charge in [-0.25, -0.2) is 14.3 Å². The molecule has 10 heteroatoms. The van der Waals surface area contributed by atoms with E-state index >= 15 is 0 Å². The summed E-state index contributed by atoms with van der Waals surface area (Å²) in [6.07, 6.45) is 0. The van der Waals surface area contributed by atoms with Crippen LogP contribution in [-0.2, 0) is 9.47 Å². The summed E-state index contributed by atoms with van der Waals surface area (Å²) in [4.78, 5) is 25.3. The van der Waals surface area contributed by atoms with Crippen LogP contribution in [0.5, 0.6) is 11.5 Å². The standard InChI is InChI=1S/C22H20F2N2O6/c1-4-31-16-12-13(10-11-15(16)32-22(23)24)18-17(20(27)29-2)19(21(28)30-3)26(25-18)14-8-6-5-7-9-14/h5-12,22H,4H2,1-3H3. The highest BCUT2D eigenvalue weighted by Crippen LogP contribution is 2.36. The quantitative estimate of drug-likeness (QED) is 0.481. The Labute approximate surface area is 182 Å². The third kappa shape index (κ3) is 4.53. The van der Waals surface area contributed by atoms with Gasteiger partial charge in [-0.2, -0.15) is 13.9 Å². The van der Waals surface area contributed by atoms with Crippen molar-refractivity contribution in [2.75, 3.05) is 20.8 Å². The van der Waals surface area contributed by atoms with Crippen LogP contribution < -0.4 is 9.47 Å². The molecule has 0 fully saturated rings. The number of benzene rings is 2. The Kier molecular flexibility index (Phi) is 7.04. The lowest BCUT2D eigenvalue weighted by molar-refractivity contribution is -0.0514. The summed E-state index contributed by atoms with van der Waals surface area (Å²) in [6, 6.07) is 12.7. The van der Waals surface area contributed by atoms with E-state index in [9.17, 15) is 18.4 Å². The highest BCUT2D eigenvalue weighted by molar-refractivity contribution is 6.06. The van der Waals surface area contributed by atoms with Gasteiger partial charge in [0.05, 0.1) is 26.5 Å². The first kappa shape index (κ1) is 22.7. The van der Waals surface area contributed by atoms with Crippen LogP contribution in [-0.4, -0.2) is 49.2 Å². The van der Waals surface area contributed by atoms with E-state index in [1.165, 1.54) is 30.0 Å². The van der Waals surface area contributed by atoms with Crippen molar-refractivity contribution in [3.05, 3.63) is 59.8 Å². The Morgan fingerprint density at radius 2 is 1.69 bits per heavy atom. The van der Waals surface area contributed by atoms with Gasteiger partial charge in [0.1, 0.15) is 11.3 Å². The number of aromatic nitrogens is 2. The number of alkyl halides is 2. The van der Waals surface area contributed by atoms with Gasteiger partial charge >= 0.3 is 18.6 Å². The van der Waals surface area contributed by atoms with E-state index in [0.717, 1.165) is 7.11 Å². The molecule has 3 aromatic rings. The molecule has 0 atom stereocenters. The molecule has 8 nitrogen and oxygen atoms in total. The van der Waals surface area contributed by atoms with Gasteiger partial charge in [-0.1, -0.05) is 18.2 Å². The number of para-hydroxylation sites is 1. The molecule has 0 aliphatic rings. The Bertz CT molecular complexity index is 1120. The van der Waals surface area contributed by atoms with E-state index in [1.54, 1.807) is 37.3 Å². The van der Waals surface area contributed by atoms with Gasteiger partial charge in [0, 0.05) is 5.56 Å². The number of carbonyl (C=O) groups excluding carboxylic acids is 2. The molecule has 0 N–H and O–H groups in total.